The predicted octanol–water partition coefficient (Wildman–Crippen LogP) is 3.39. The van der Waals surface area contributed by atoms with Crippen LogP contribution in [0.15, 0.2) is 24.3 Å². The average Bonchev–Trinajstić information content (AvgIpc) is 2.59. The van der Waals surface area contributed by atoms with Gasteiger partial charge in [0.1, 0.15) is 0 Å². The molecule has 0 atom stereocenters. The van der Waals surface area contributed by atoms with Crippen LogP contribution in [0.25, 0.3) is 10.9 Å². The lowest BCUT2D eigenvalue weighted by Gasteiger charge is -2.01. The van der Waals surface area contributed by atoms with Crippen molar-refractivity contribution in [2.45, 2.75) is 24.9 Å². The molecular formula is C12H16N2S. The first kappa shape index (κ1) is 10.4. The number of hydrogen-bond acceptors (Lipinski definition) is 2. The van der Waals surface area contributed by atoms with E-state index in [9.17, 15) is 0 Å². The fourth-order valence-electron chi connectivity index (χ4n) is 1.57. The molecule has 1 aromatic heterocycles. The number of nitrogen functional groups attached to an aromatic ring is 1. The van der Waals surface area contributed by atoms with Gasteiger partial charge >= 0.3 is 0 Å². The van der Waals surface area contributed by atoms with Gasteiger partial charge in [0, 0.05) is 16.8 Å². The molecule has 0 fully saturated rings. The molecule has 0 aliphatic heterocycles. The van der Waals surface area contributed by atoms with E-state index in [4.69, 9.17) is 5.73 Å². The summed E-state index contributed by atoms with van der Waals surface area (Å²) in [5.41, 5.74) is 9.03. The Balaban J connectivity index is 2.27. The number of aromatic nitrogens is 1. The van der Waals surface area contributed by atoms with Gasteiger partial charge in [-0.15, -0.1) is 0 Å². The SMILES string of the molecule is CC(C)SCc1cc2cccc(N)c2[nH]1. The Morgan fingerprint density at radius 1 is 1.40 bits per heavy atom. The highest BCUT2D eigenvalue weighted by atomic mass is 32.2. The predicted molar refractivity (Wildman–Crippen MR) is 69.1 cm³/mol. The van der Waals surface area contributed by atoms with Crippen LogP contribution in [0.3, 0.4) is 0 Å². The summed E-state index contributed by atoms with van der Waals surface area (Å²) in [7, 11) is 0. The Hall–Kier alpha value is -1.09. The quantitative estimate of drug-likeness (QED) is 0.778. The number of hydrogen-bond donors (Lipinski definition) is 2. The van der Waals surface area contributed by atoms with Crippen molar-refractivity contribution >= 4 is 28.4 Å². The van der Waals surface area contributed by atoms with Crippen LogP contribution in [-0.2, 0) is 5.75 Å². The number of aromatic amines is 1. The van der Waals surface area contributed by atoms with Gasteiger partial charge in [0.15, 0.2) is 0 Å². The molecule has 0 spiro atoms. The van der Waals surface area contributed by atoms with Gasteiger partial charge in [-0.25, -0.2) is 0 Å². The molecule has 0 amide bonds. The number of H-pyrrole nitrogens is 1. The fraction of sp³-hybridized carbons (Fsp3) is 0.333. The standard InChI is InChI=1S/C12H16N2S/c1-8(2)15-7-10-6-9-4-3-5-11(13)12(9)14-10/h3-6,8,14H,7,13H2,1-2H3. The topological polar surface area (TPSA) is 41.8 Å². The largest absolute Gasteiger partial charge is 0.397 e. The first-order valence-electron chi connectivity index (χ1n) is 5.14. The van der Waals surface area contributed by atoms with Crippen LogP contribution in [0, 0.1) is 0 Å². The third-order valence-electron chi connectivity index (χ3n) is 2.32. The third-order valence-corrected chi connectivity index (χ3v) is 3.46. The van der Waals surface area contributed by atoms with Gasteiger partial charge in [-0.3, -0.25) is 0 Å². The van der Waals surface area contributed by atoms with Crippen LogP contribution in [0.5, 0.6) is 0 Å². The molecule has 0 aliphatic rings. The highest BCUT2D eigenvalue weighted by molar-refractivity contribution is 7.99. The van der Waals surface area contributed by atoms with E-state index in [1.54, 1.807) is 0 Å². The summed E-state index contributed by atoms with van der Waals surface area (Å²) in [5.74, 6) is 1.02. The van der Waals surface area contributed by atoms with Crippen LogP contribution in [-0.4, -0.2) is 10.2 Å². The van der Waals surface area contributed by atoms with Gasteiger partial charge in [0.05, 0.1) is 11.2 Å². The second-order valence-electron chi connectivity index (χ2n) is 3.97. The molecule has 0 bridgehead atoms. The molecule has 1 aromatic carbocycles. The van der Waals surface area contributed by atoms with E-state index in [0.717, 1.165) is 17.0 Å². The molecule has 3 N–H and O–H groups in total. The molecule has 3 heteroatoms. The lowest BCUT2D eigenvalue weighted by atomic mass is 10.2. The summed E-state index contributed by atoms with van der Waals surface area (Å²) in [5, 5.41) is 1.86. The monoisotopic (exact) mass is 220 g/mol. The number of rotatable bonds is 3. The fourth-order valence-corrected chi connectivity index (χ4v) is 2.24. The molecule has 15 heavy (non-hydrogen) atoms. The van der Waals surface area contributed by atoms with E-state index in [1.165, 1.54) is 11.1 Å². The number of fused-ring (bicyclic) bond motifs is 1. The van der Waals surface area contributed by atoms with E-state index < -0.39 is 0 Å². The molecule has 0 radical (unpaired) electrons. The summed E-state index contributed by atoms with van der Waals surface area (Å²) < 4.78 is 0. The summed E-state index contributed by atoms with van der Waals surface area (Å²) in [6.07, 6.45) is 0. The zero-order valence-electron chi connectivity index (χ0n) is 9.08. The number of para-hydroxylation sites is 1. The van der Waals surface area contributed by atoms with Gasteiger partial charge in [0.2, 0.25) is 0 Å². The molecule has 0 aliphatic carbocycles. The van der Waals surface area contributed by atoms with Crippen LogP contribution >= 0.6 is 11.8 Å². The zero-order valence-corrected chi connectivity index (χ0v) is 9.90. The van der Waals surface area contributed by atoms with Crippen molar-refractivity contribution in [2.75, 3.05) is 5.73 Å². The van der Waals surface area contributed by atoms with Gasteiger partial charge in [-0.2, -0.15) is 11.8 Å². The molecule has 80 valence electrons. The van der Waals surface area contributed by atoms with Crippen LogP contribution in [0.4, 0.5) is 5.69 Å². The molecule has 0 unspecified atom stereocenters. The van der Waals surface area contributed by atoms with Crippen molar-refractivity contribution in [1.82, 2.24) is 4.98 Å². The van der Waals surface area contributed by atoms with Crippen LogP contribution in [0.1, 0.15) is 19.5 Å². The maximum atomic E-state index is 5.89. The number of nitrogens with one attached hydrogen (secondary N) is 1. The van der Waals surface area contributed by atoms with Crippen molar-refractivity contribution in [3.05, 3.63) is 30.0 Å². The average molecular weight is 220 g/mol. The zero-order chi connectivity index (χ0) is 10.8. The molecule has 0 saturated heterocycles. The van der Waals surface area contributed by atoms with E-state index in [1.807, 2.05) is 23.9 Å². The summed E-state index contributed by atoms with van der Waals surface area (Å²) >= 11 is 1.93. The second-order valence-corrected chi connectivity index (χ2v) is 5.53. The Bertz CT molecular complexity index is 460. The minimum Gasteiger partial charge on any atom is -0.397 e. The van der Waals surface area contributed by atoms with E-state index in [-0.39, 0.29) is 0 Å². The van der Waals surface area contributed by atoms with Crippen molar-refractivity contribution in [1.29, 1.82) is 0 Å². The third kappa shape index (κ3) is 2.29. The minimum atomic E-state index is 0.661. The van der Waals surface area contributed by atoms with Gasteiger partial charge in [-0.05, 0) is 17.4 Å². The van der Waals surface area contributed by atoms with E-state index >= 15 is 0 Å². The minimum absolute atomic E-state index is 0.661. The Morgan fingerprint density at radius 3 is 2.87 bits per heavy atom. The van der Waals surface area contributed by atoms with Crippen molar-refractivity contribution in [2.24, 2.45) is 0 Å². The lowest BCUT2D eigenvalue weighted by molar-refractivity contribution is 1.10. The van der Waals surface area contributed by atoms with Gasteiger partial charge < -0.3 is 10.7 Å². The van der Waals surface area contributed by atoms with Crippen LogP contribution < -0.4 is 5.73 Å². The smallest absolute Gasteiger partial charge is 0.0689 e. The maximum absolute atomic E-state index is 5.89. The Kier molecular flexibility index (Phi) is 2.91. The maximum Gasteiger partial charge on any atom is 0.0689 e. The van der Waals surface area contributed by atoms with E-state index in [2.05, 4.69) is 31.0 Å². The van der Waals surface area contributed by atoms with Crippen molar-refractivity contribution in [3.8, 4) is 0 Å². The lowest BCUT2D eigenvalue weighted by Crippen LogP contribution is -1.89. The van der Waals surface area contributed by atoms with Crippen molar-refractivity contribution in [3.63, 3.8) is 0 Å². The first-order valence-corrected chi connectivity index (χ1v) is 6.19. The van der Waals surface area contributed by atoms with E-state index in [0.29, 0.717) is 5.25 Å². The molecular weight excluding hydrogens is 204 g/mol. The molecule has 2 nitrogen and oxygen atoms in total. The summed E-state index contributed by atoms with van der Waals surface area (Å²) in [6.45, 7) is 4.42. The molecule has 1 heterocycles. The molecule has 0 saturated carbocycles. The number of thioether (sulfide) groups is 1. The van der Waals surface area contributed by atoms with Gasteiger partial charge in [-0.1, -0.05) is 26.0 Å². The Labute approximate surface area is 94.2 Å². The first-order chi connectivity index (χ1) is 7.16. The van der Waals surface area contributed by atoms with Crippen molar-refractivity contribution < 1.29 is 0 Å². The molecule has 2 rings (SSSR count). The van der Waals surface area contributed by atoms with Gasteiger partial charge in [0.25, 0.3) is 0 Å². The normalized spacial score (nSPS) is 11.4. The highest BCUT2D eigenvalue weighted by Gasteiger charge is 2.03. The summed E-state index contributed by atoms with van der Waals surface area (Å²) in [6, 6.07) is 8.19. The van der Waals surface area contributed by atoms with Crippen LogP contribution in [0.2, 0.25) is 0 Å². The highest BCUT2D eigenvalue weighted by Crippen LogP contribution is 2.24. The molecule has 2 aromatic rings. The number of anilines is 1. The number of benzene rings is 1. The summed E-state index contributed by atoms with van der Waals surface area (Å²) in [4.78, 5) is 3.37. The second kappa shape index (κ2) is 4.19. The number of nitrogens with two attached hydrogens (primary N) is 1. The Morgan fingerprint density at radius 2 is 2.20 bits per heavy atom.